The molecule has 2 rings (SSSR count). The van der Waals surface area contributed by atoms with Crippen LogP contribution in [0.5, 0.6) is 0 Å². The number of rotatable bonds is 1. The molecule has 0 amide bonds. The maximum Gasteiger partial charge on any atom is 0.000496 e. The highest BCUT2D eigenvalue weighted by Crippen LogP contribution is 1.97. The van der Waals surface area contributed by atoms with Crippen LogP contribution in [0.15, 0.2) is 61.4 Å². The van der Waals surface area contributed by atoms with Gasteiger partial charge in [-0.1, -0.05) is 43.0 Å². The smallest absolute Gasteiger partial charge is 0.000496 e. The summed E-state index contributed by atoms with van der Waals surface area (Å²) < 4.78 is 0. The summed E-state index contributed by atoms with van der Waals surface area (Å²) in [6.45, 7) is 3.63. The molecule has 0 aliphatic rings. The van der Waals surface area contributed by atoms with Crippen LogP contribution in [0, 0.1) is 0 Å². The molecule has 0 spiro atoms. The number of hydrogen-bond donors (Lipinski definition) is 1. The third-order valence-electron chi connectivity index (χ3n) is 1.53. The Morgan fingerprint density at radius 2 is 1.54 bits per heavy atom. The molecule has 1 aromatic carbocycles. The summed E-state index contributed by atoms with van der Waals surface area (Å²) in [5.41, 5.74) is 1.17. The van der Waals surface area contributed by atoms with E-state index in [4.69, 9.17) is 0 Å². The van der Waals surface area contributed by atoms with Crippen molar-refractivity contribution >= 4 is 6.08 Å². The van der Waals surface area contributed by atoms with Gasteiger partial charge in [-0.25, -0.2) is 0 Å². The first-order valence-electron chi connectivity index (χ1n) is 4.18. The zero-order chi connectivity index (χ0) is 9.36. The molecule has 1 N–H and O–H groups in total. The summed E-state index contributed by atoms with van der Waals surface area (Å²) in [4.78, 5) is 2.86. The van der Waals surface area contributed by atoms with E-state index in [1.54, 1.807) is 0 Å². The number of hydrogen-bond acceptors (Lipinski definition) is 0. The Balaban J connectivity index is 0.000000145. The summed E-state index contributed by atoms with van der Waals surface area (Å²) in [5.74, 6) is 0. The van der Waals surface area contributed by atoms with Crippen molar-refractivity contribution in [2.75, 3.05) is 0 Å². The standard InChI is InChI=1S/C8H8.C4H5N/c1-2-8-6-4-3-5-7-8;1-2-4-5-3-1/h2-7H,1H2;1-5H. The predicted molar refractivity (Wildman–Crippen MR) is 57.3 cm³/mol. The SMILES string of the molecule is C=Cc1ccccc1.c1cc[nH]c1. The molecular formula is C12H13N. The van der Waals surface area contributed by atoms with E-state index in [-0.39, 0.29) is 0 Å². The Hall–Kier alpha value is -1.76. The molecule has 13 heavy (non-hydrogen) atoms. The Morgan fingerprint density at radius 3 is 1.85 bits per heavy atom. The zero-order valence-electron chi connectivity index (χ0n) is 7.48. The lowest BCUT2D eigenvalue weighted by Gasteiger charge is -1.85. The molecule has 0 bridgehead atoms. The van der Waals surface area contributed by atoms with Crippen molar-refractivity contribution in [2.45, 2.75) is 0 Å². The largest absolute Gasteiger partial charge is 0.368 e. The van der Waals surface area contributed by atoms with Crippen molar-refractivity contribution in [3.8, 4) is 0 Å². The summed E-state index contributed by atoms with van der Waals surface area (Å²) in [6, 6.07) is 13.9. The first-order chi connectivity index (χ1) is 6.43. The van der Waals surface area contributed by atoms with Crippen LogP contribution < -0.4 is 0 Å². The maximum atomic E-state index is 3.63. The van der Waals surface area contributed by atoms with E-state index in [0.717, 1.165) is 0 Å². The van der Waals surface area contributed by atoms with Gasteiger partial charge < -0.3 is 4.98 Å². The van der Waals surface area contributed by atoms with Crippen LogP contribution in [0.1, 0.15) is 5.56 Å². The molecule has 0 saturated carbocycles. The number of aromatic nitrogens is 1. The van der Waals surface area contributed by atoms with Gasteiger partial charge in [0.1, 0.15) is 0 Å². The van der Waals surface area contributed by atoms with Gasteiger partial charge in [0.2, 0.25) is 0 Å². The topological polar surface area (TPSA) is 15.8 Å². The molecule has 0 fully saturated rings. The van der Waals surface area contributed by atoms with Crippen LogP contribution in [0.3, 0.4) is 0 Å². The minimum absolute atomic E-state index is 1.17. The minimum atomic E-state index is 1.17. The molecule has 0 aliphatic heterocycles. The Labute approximate surface area is 78.7 Å². The molecule has 66 valence electrons. The maximum absolute atomic E-state index is 3.63. The van der Waals surface area contributed by atoms with Crippen LogP contribution in [0.4, 0.5) is 0 Å². The fourth-order valence-electron chi connectivity index (χ4n) is 0.867. The van der Waals surface area contributed by atoms with Gasteiger partial charge in [-0.3, -0.25) is 0 Å². The van der Waals surface area contributed by atoms with Gasteiger partial charge >= 0.3 is 0 Å². The lowest BCUT2D eigenvalue weighted by atomic mass is 10.2. The molecule has 0 saturated heterocycles. The highest BCUT2D eigenvalue weighted by Gasteiger charge is 1.75. The number of nitrogens with one attached hydrogen (secondary N) is 1. The Bertz CT molecular complexity index is 291. The van der Waals surface area contributed by atoms with E-state index < -0.39 is 0 Å². The van der Waals surface area contributed by atoms with Crippen LogP contribution in [0.2, 0.25) is 0 Å². The number of aromatic amines is 1. The highest BCUT2D eigenvalue weighted by molar-refractivity contribution is 5.45. The normalized spacial score (nSPS) is 8.31. The van der Waals surface area contributed by atoms with E-state index in [1.165, 1.54) is 5.56 Å². The van der Waals surface area contributed by atoms with Crippen molar-refractivity contribution in [2.24, 2.45) is 0 Å². The second kappa shape index (κ2) is 5.84. The fourth-order valence-corrected chi connectivity index (χ4v) is 0.867. The Morgan fingerprint density at radius 1 is 0.923 bits per heavy atom. The van der Waals surface area contributed by atoms with Crippen molar-refractivity contribution in [1.82, 2.24) is 4.98 Å². The van der Waals surface area contributed by atoms with E-state index in [0.29, 0.717) is 0 Å². The number of benzene rings is 1. The molecule has 1 heteroatoms. The summed E-state index contributed by atoms with van der Waals surface area (Å²) in [6.07, 6.45) is 5.58. The van der Waals surface area contributed by atoms with Crippen molar-refractivity contribution in [3.05, 3.63) is 67.0 Å². The van der Waals surface area contributed by atoms with Gasteiger partial charge in [0.15, 0.2) is 0 Å². The van der Waals surface area contributed by atoms with E-state index in [2.05, 4.69) is 11.6 Å². The van der Waals surface area contributed by atoms with Crippen molar-refractivity contribution < 1.29 is 0 Å². The third-order valence-corrected chi connectivity index (χ3v) is 1.53. The summed E-state index contributed by atoms with van der Waals surface area (Å²) in [7, 11) is 0. The van der Waals surface area contributed by atoms with Crippen molar-refractivity contribution in [1.29, 1.82) is 0 Å². The van der Waals surface area contributed by atoms with Gasteiger partial charge in [0, 0.05) is 12.4 Å². The molecule has 1 heterocycles. The van der Waals surface area contributed by atoms with E-state index in [1.807, 2.05) is 60.9 Å². The molecular weight excluding hydrogens is 158 g/mol. The second-order valence-electron chi connectivity index (χ2n) is 2.50. The monoisotopic (exact) mass is 171 g/mol. The van der Waals surface area contributed by atoms with Crippen LogP contribution >= 0.6 is 0 Å². The average molecular weight is 171 g/mol. The van der Waals surface area contributed by atoms with E-state index >= 15 is 0 Å². The van der Waals surface area contributed by atoms with Gasteiger partial charge in [-0.05, 0) is 17.7 Å². The van der Waals surface area contributed by atoms with Gasteiger partial charge in [-0.2, -0.15) is 0 Å². The van der Waals surface area contributed by atoms with Crippen LogP contribution in [0.25, 0.3) is 6.08 Å². The first-order valence-corrected chi connectivity index (χ1v) is 4.18. The number of H-pyrrole nitrogens is 1. The van der Waals surface area contributed by atoms with Gasteiger partial charge in [0.25, 0.3) is 0 Å². The highest BCUT2D eigenvalue weighted by atomic mass is 14.6. The second-order valence-corrected chi connectivity index (χ2v) is 2.50. The zero-order valence-corrected chi connectivity index (χ0v) is 7.48. The van der Waals surface area contributed by atoms with E-state index in [9.17, 15) is 0 Å². The third kappa shape index (κ3) is 3.97. The molecule has 1 aromatic heterocycles. The lowest BCUT2D eigenvalue weighted by molar-refractivity contribution is 1.42. The molecule has 0 atom stereocenters. The summed E-state index contributed by atoms with van der Waals surface area (Å²) >= 11 is 0. The van der Waals surface area contributed by atoms with Gasteiger partial charge in [-0.15, -0.1) is 0 Å². The molecule has 2 aromatic rings. The Kier molecular flexibility index (Phi) is 4.19. The molecule has 0 aliphatic carbocycles. The molecule has 0 unspecified atom stereocenters. The molecule has 0 radical (unpaired) electrons. The minimum Gasteiger partial charge on any atom is -0.368 e. The van der Waals surface area contributed by atoms with Gasteiger partial charge in [0.05, 0.1) is 0 Å². The lowest BCUT2D eigenvalue weighted by Crippen LogP contribution is -1.63. The first kappa shape index (κ1) is 9.33. The average Bonchev–Trinajstić information content (AvgIpc) is 2.77. The summed E-state index contributed by atoms with van der Waals surface area (Å²) in [5, 5.41) is 0. The fraction of sp³-hybridized carbons (Fsp3) is 0. The van der Waals surface area contributed by atoms with Crippen molar-refractivity contribution in [3.63, 3.8) is 0 Å². The van der Waals surface area contributed by atoms with Crippen LogP contribution in [-0.4, -0.2) is 4.98 Å². The molecule has 1 nitrogen and oxygen atoms in total. The quantitative estimate of drug-likeness (QED) is 0.677. The predicted octanol–water partition coefficient (Wildman–Crippen LogP) is 3.34. The van der Waals surface area contributed by atoms with Crippen LogP contribution in [-0.2, 0) is 0 Å².